The summed E-state index contributed by atoms with van der Waals surface area (Å²) in [6, 6.07) is 71.8. The van der Waals surface area contributed by atoms with Gasteiger partial charge in [-0.15, -0.1) is 0 Å². The van der Waals surface area contributed by atoms with Crippen molar-refractivity contribution in [2.75, 3.05) is 4.90 Å². The minimum Gasteiger partial charge on any atom is -0.455 e. The van der Waals surface area contributed by atoms with Crippen LogP contribution >= 0.6 is 0 Å². The van der Waals surface area contributed by atoms with Gasteiger partial charge in [0, 0.05) is 33.1 Å². The molecule has 0 N–H and O–H groups in total. The Morgan fingerprint density at radius 2 is 0.981 bits per heavy atom. The van der Waals surface area contributed by atoms with E-state index in [9.17, 15) is 0 Å². The minimum absolute atomic E-state index is 0.893. The highest BCUT2D eigenvalue weighted by Crippen LogP contribution is 2.44. The number of benzene rings is 9. The topological polar surface area (TPSA) is 16.4 Å². The maximum Gasteiger partial charge on any atom is 0.143 e. The van der Waals surface area contributed by atoms with Crippen LogP contribution in [-0.4, -0.2) is 0 Å². The number of furan rings is 1. The molecule has 0 fully saturated rings. The Bertz CT molecular complexity index is 2900. The van der Waals surface area contributed by atoms with Gasteiger partial charge in [0.2, 0.25) is 0 Å². The molecule has 244 valence electrons. The summed E-state index contributed by atoms with van der Waals surface area (Å²) < 4.78 is 6.49. The van der Waals surface area contributed by atoms with E-state index in [1.165, 1.54) is 38.4 Å². The number of nitrogens with zero attached hydrogens (tertiary/aromatic N) is 1. The second kappa shape index (κ2) is 12.5. The van der Waals surface area contributed by atoms with E-state index >= 15 is 0 Å². The Hall–Kier alpha value is -6.90. The Morgan fingerprint density at radius 3 is 1.87 bits per heavy atom. The van der Waals surface area contributed by atoms with Gasteiger partial charge in [0.15, 0.2) is 0 Å². The Morgan fingerprint density at radius 1 is 0.327 bits per heavy atom. The van der Waals surface area contributed by atoms with Gasteiger partial charge >= 0.3 is 0 Å². The summed E-state index contributed by atoms with van der Waals surface area (Å²) in [6.45, 7) is 0. The molecule has 10 aromatic rings. The molecule has 0 unspecified atom stereocenters. The van der Waals surface area contributed by atoms with Gasteiger partial charge in [-0.05, 0) is 98.6 Å². The van der Waals surface area contributed by atoms with Crippen molar-refractivity contribution in [1.29, 1.82) is 0 Å². The van der Waals surface area contributed by atoms with Crippen molar-refractivity contribution in [3.05, 3.63) is 200 Å². The standard InChI is InChI=1S/C50H33NO/c1-2-11-34(12-3-1)36-23-27-42(28-24-36)51(43-17-10-16-39(32-43)40-22-21-35-13-4-5-15-38(35)31-40)48-20-9-8-18-44(48)41-26-30-49-47(33-41)46-29-25-37-14-6-7-19-45(37)50(46)52-49/h1-33H. The van der Waals surface area contributed by atoms with Crippen molar-refractivity contribution in [2.24, 2.45) is 0 Å². The number of para-hydroxylation sites is 1. The first-order valence-electron chi connectivity index (χ1n) is 17.8. The monoisotopic (exact) mass is 663 g/mol. The summed E-state index contributed by atoms with van der Waals surface area (Å²) in [4.78, 5) is 2.39. The van der Waals surface area contributed by atoms with Crippen LogP contribution in [0.3, 0.4) is 0 Å². The molecule has 2 nitrogen and oxygen atoms in total. The van der Waals surface area contributed by atoms with Gasteiger partial charge in [-0.3, -0.25) is 0 Å². The third kappa shape index (κ3) is 5.21. The molecule has 0 atom stereocenters. The summed E-state index contributed by atoms with van der Waals surface area (Å²) >= 11 is 0. The lowest BCUT2D eigenvalue weighted by molar-refractivity contribution is 0.672. The van der Waals surface area contributed by atoms with E-state index in [4.69, 9.17) is 4.42 Å². The number of anilines is 3. The molecule has 1 aromatic heterocycles. The zero-order chi connectivity index (χ0) is 34.4. The van der Waals surface area contributed by atoms with Gasteiger partial charge in [-0.25, -0.2) is 0 Å². The fraction of sp³-hybridized carbons (Fsp3) is 0. The lowest BCUT2D eigenvalue weighted by Gasteiger charge is -2.28. The molecule has 9 aromatic carbocycles. The van der Waals surface area contributed by atoms with Crippen molar-refractivity contribution >= 4 is 60.5 Å². The van der Waals surface area contributed by atoms with Crippen molar-refractivity contribution in [1.82, 2.24) is 0 Å². The quantitative estimate of drug-likeness (QED) is 0.176. The molecule has 52 heavy (non-hydrogen) atoms. The molecular formula is C50H33NO. The highest BCUT2D eigenvalue weighted by atomic mass is 16.3. The van der Waals surface area contributed by atoms with Crippen LogP contribution in [0.5, 0.6) is 0 Å². The molecule has 0 aliphatic carbocycles. The van der Waals surface area contributed by atoms with E-state index in [2.05, 4.69) is 205 Å². The lowest BCUT2D eigenvalue weighted by Crippen LogP contribution is -2.11. The van der Waals surface area contributed by atoms with Crippen molar-refractivity contribution < 1.29 is 4.42 Å². The first-order chi connectivity index (χ1) is 25.8. The smallest absolute Gasteiger partial charge is 0.143 e. The molecule has 0 saturated heterocycles. The fourth-order valence-electron chi connectivity index (χ4n) is 7.64. The average Bonchev–Trinajstić information content (AvgIpc) is 3.60. The van der Waals surface area contributed by atoms with E-state index in [1.54, 1.807) is 0 Å². The van der Waals surface area contributed by atoms with Gasteiger partial charge in [-0.1, -0.05) is 146 Å². The second-order valence-electron chi connectivity index (χ2n) is 13.4. The maximum atomic E-state index is 6.49. The summed E-state index contributed by atoms with van der Waals surface area (Å²) in [5.74, 6) is 0. The Labute approximate surface area is 302 Å². The van der Waals surface area contributed by atoms with Crippen molar-refractivity contribution in [3.8, 4) is 33.4 Å². The highest BCUT2D eigenvalue weighted by Gasteiger charge is 2.19. The average molecular weight is 664 g/mol. The van der Waals surface area contributed by atoms with Gasteiger partial charge in [0.25, 0.3) is 0 Å². The number of fused-ring (bicyclic) bond motifs is 6. The zero-order valence-corrected chi connectivity index (χ0v) is 28.4. The first-order valence-corrected chi connectivity index (χ1v) is 17.8. The summed E-state index contributed by atoms with van der Waals surface area (Å²) in [7, 11) is 0. The predicted octanol–water partition coefficient (Wildman–Crippen LogP) is 14.4. The molecule has 0 aliphatic heterocycles. The molecule has 0 bridgehead atoms. The van der Waals surface area contributed by atoms with Gasteiger partial charge in [0.1, 0.15) is 11.2 Å². The third-order valence-corrected chi connectivity index (χ3v) is 10.2. The van der Waals surface area contributed by atoms with E-state index < -0.39 is 0 Å². The SMILES string of the molecule is c1ccc(-c2ccc(N(c3cccc(-c4ccc5ccccc5c4)c3)c3ccccc3-c3ccc4oc5c6ccccc6ccc5c4c3)cc2)cc1. The fourth-order valence-corrected chi connectivity index (χ4v) is 7.64. The van der Waals surface area contributed by atoms with Gasteiger partial charge in [-0.2, -0.15) is 0 Å². The molecule has 0 radical (unpaired) electrons. The van der Waals surface area contributed by atoms with Crippen LogP contribution < -0.4 is 4.90 Å². The van der Waals surface area contributed by atoms with Gasteiger partial charge < -0.3 is 9.32 Å². The molecular weight excluding hydrogens is 631 g/mol. The van der Waals surface area contributed by atoms with E-state index in [0.717, 1.165) is 55.5 Å². The molecule has 2 heteroatoms. The van der Waals surface area contributed by atoms with Crippen LogP contribution in [0.1, 0.15) is 0 Å². The van der Waals surface area contributed by atoms with Crippen LogP contribution in [0, 0.1) is 0 Å². The second-order valence-corrected chi connectivity index (χ2v) is 13.4. The molecule has 1 heterocycles. The normalized spacial score (nSPS) is 11.5. The number of hydrogen-bond donors (Lipinski definition) is 0. The third-order valence-electron chi connectivity index (χ3n) is 10.2. The summed E-state index contributed by atoms with van der Waals surface area (Å²) in [5, 5.41) is 7.04. The molecule has 0 amide bonds. The van der Waals surface area contributed by atoms with Crippen LogP contribution in [0.15, 0.2) is 205 Å². The van der Waals surface area contributed by atoms with Crippen LogP contribution in [0.4, 0.5) is 17.1 Å². The maximum absolute atomic E-state index is 6.49. The van der Waals surface area contributed by atoms with E-state index in [-0.39, 0.29) is 0 Å². The molecule has 0 aliphatic rings. The molecule has 10 rings (SSSR count). The van der Waals surface area contributed by atoms with E-state index in [1.807, 2.05) is 0 Å². The number of rotatable bonds is 6. The number of hydrogen-bond acceptors (Lipinski definition) is 2. The summed E-state index contributed by atoms with van der Waals surface area (Å²) in [5.41, 5.74) is 12.1. The minimum atomic E-state index is 0.893. The Kier molecular flexibility index (Phi) is 7.18. The zero-order valence-electron chi connectivity index (χ0n) is 28.4. The van der Waals surface area contributed by atoms with Crippen LogP contribution in [0.2, 0.25) is 0 Å². The molecule has 0 spiro atoms. The van der Waals surface area contributed by atoms with Crippen molar-refractivity contribution in [2.45, 2.75) is 0 Å². The van der Waals surface area contributed by atoms with Crippen molar-refractivity contribution in [3.63, 3.8) is 0 Å². The summed E-state index contributed by atoms with van der Waals surface area (Å²) in [6.07, 6.45) is 0. The lowest BCUT2D eigenvalue weighted by atomic mass is 9.98. The largest absolute Gasteiger partial charge is 0.455 e. The highest BCUT2D eigenvalue weighted by molar-refractivity contribution is 6.15. The Balaban J connectivity index is 1.14. The molecule has 0 saturated carbocycles. The first kappa shape index (κ1) is 30.0. The van der Waals surface area contributed by atoms with E-state index in [0.29, 0.717) is 0 Å². The van der Waals surface area contributed by atoms with Gasteiger partial charge in [0.05, 0.1) is 5.69 Å². The van der Waals surface area contributed by atoms with Crippen LogP contribution in [-0.2, 0) is 0 Å². The van der Waals surface area contributed by atoms with Crippen LogP contribution in [0.25, 0.3) is 76.9 Å². The predicted molar refractivity (Wildman–Crippen MR) is 220 cm³/mol.